The zero-order valence-electron chi connectivity index (χ0n) is 10.9. The molecule has 0 aliphatic carbocycles. The van der Waals surface area contributed by atoms with Gasteiger partial charge in [-0.05, 0) is 13.5 Å². The van der Waals surface area contributed by atoms with Crippen LogP contribution in [-0.4, -0.2) is 52.8 Å². The summed E-state index contributed by atoms with van der Waals surface area (Å²) in [6.07, 6.45) is 0.590. The van der Waals surface area contributed by atoms with Crippen molar-refractivity contribution in [2.24, 2.45) is 0 Å². The summed E-state index contributed by atoms with van der Waals surface area (Å²) in [4.78, 5) is 21.8. The molecule has 0 aromatic heterocycles. The summed E-state index contributed by atoms with van der Waals surface area (Å²) in [5.41, 5.74) is 0. The average Bonchev–Trinajstić information content (AvgIpc) is 2.38. The Balaban J connectivity index is 3.16. The molecule has 106 valence electrons. The highest BCUT2D eigenvalue weighted by molar-refractivity contribution is 5.75. The van der Waals surface area contributed by atoms with Crippen LogP contribution in [0.4, 0.5) is 4.79 Å². The monoisotopic (exact) mass is 262 g/mol. The Morgan fingerprint density at radius 2 is 1.94 bits per heavy atom. The van der Waals surface area contributed by atoms with Gasteiger partial charge >= 0.3 is 6.09 Å². The molecule has 0 spiro atoms. The summed E-state index contributed by atoms with van der Waals surface area (Å²) in [6, 6.07) is 0. The molecule has 0 radical (unpaired) electrons. The van der Waals surface area contributed by atoms with E-state index in [4.69, 9.17) is 4.74 Å². The minimum Gasteiger partial charge on any atom is -0.453 e. The minimum absolute atomic E-state index is 0.00623. The second-order valence-electron chi connectivity index (χ2n) is 3.38. The Labute approximate surface area is 107 Å². The van der Waals surface area contributed by atoms with E-state index in [0.717, 1.165) is 0 Å². The van der Waals surface area contributed by atoms with Crippen LogP contribution >= 0.6 is 0 Å². The van der Waals surface area contributed by atoms with Crippen molar-refractivity contribution in [1.82, 2.24) is 21.3 Å². The third kappa shape index (κ3) is 11.1. The normalized spacial score (nSPS) is 9.89. The summed E-state index contributed by atoms with van der Waals surface area (Å²) in [5, 5.41) is 10.8. The lowest BCUT2D eigenvalue weighted by Crippen LogP contribution is -2.35. The van der Waals surface area contributed by atoms with Gasteiger partial charge in [0.1, 0.15) is 0 Å². The van der Waals surface area contributed by atoms with Crippen molar-refractivity contribution in [1.29, 1.82) is 0 Å². The number of rotatable bonds is 10. The van der Waals surface area contributed by atoms with Crippen molar-refractivity contribution in [3.8, 4) is 0 Å². The van der Waals surface area contributed by atoms with Crippen LogP contribution in [0, 0.1) is 0 Å². The van der Waals surface area contributed by atoms with Crippen molar-refractivity contribution in [3.05, 3.63) is 0 Å². The SMILES string of the molecule is CNCNC(=O)CCCOCNCNC(=O)OC. The largest absolute Gasteiger partial charge is 0.453 e. The highest BCUT2D eigenvalue weighted by Crippen LogP contribution is 1.89. The number of alkyl carbamates (subject to hydrolysis) is 1. The van der Waals surface area contributed by atoms with Crippen LogP contribution in [0.25, 0.3) is 0 Å². The molecule has 0 saturated carbocycles. The van der Waals surface area contributed by atoms with Gasteiger partial charge in [-0.15, -0.1) is 0 Å². The lowest BCUT2D eigenvalue weighted by atomic mass is 10.3. The molecule has 0 rings (SSSR count). The highest BCUT2D eigenvalue weighted by Gasteiger charge is 1.99. The summed E-state index contributed by atoms with van der Waals surface area (Å²) >= 11 is 0. The minimum atomic E-state index is -0.497. The lowest BCUT2D eigenvalue weighted by Gasteiger charge is -2.07. The first kappa shape index (κ1) is 16.6. The van der Waals surface area contributed by atoms with Gasteiger partial charge in [0.2, 0.25) is 5.91 Å². The van der Waals surface area contributed by atoms with Crippen molar-refractivity contribution >= 4 is 12.0 Å². The van der Waals surface area contributed by atoms with Crippen LogP contribution in [-0.2, 0) is 14.3 Å². The smallest absolute Gasteiger partial charge is 0.407 e. The van der Waals surface area contributed by atoms with Gasteiger partial charge in [-0.1, -0.05) is 0 Å². The lowest BCUT2D eigenvalue weighted by molar-refractivity contribution is -0.121. The highest BCUT2D eigenvalue weighted by atomic mass is 16.5. The standard InChI is InChI=1S/C10H22N4O4/c1-11-6-13-9(15)4-3-5-18-8-12-7-14-10(16)17-2/h11-12H,3-8H2,1-2H3,(H,13,15)(H,14,16). The molecule has 0 unspecified atom stereocenters. The topological polar surface area (TPSA) is 101 Å². The molecular weight excluding hydrogens is 240 g/mol. The fourth-order valence-corrected chi connectivity index (χ4v) is 1.01. The predicted molar refractivity (Wildman–Crippen MR) is 65.7 cm³/mol. The van der Waals surface area contributed by atoms with E-state index < -0.39 is 6.09 Å². The fourth-order valence-electron chi connectivity index (χ4n) is 1.01. The summed E-state index contributed by atoms with van der Waals surface area (Å²) in [5.74, 6) is -0.00623. The van der Waals surface area contributed by atoms with Crippen LogP contribution in [0.2, 0.25) is 0 Å². The van der Waals surface area contributed by atoms with E-state index in [2.05, 4.69) is 26.0 Å². The number of carbonyl (C=O) groups excluding carboxylic acids is 2. The van der Waals surface area contributed by atoms with Crippen LogP contribution < -0.4 is 21.3 Å². The number of amides is 2. The molecular formula is C10H22N4O4. The van der Waals surface area contributed by atoms with E-state index in [1.807, 2.05) is 0 Å². The third-order valence-corrected chi connectivity index (χ3v) is 1.90. The van der Waals surface area contributed by atoms with Gasteiger partial charge in [0.05, 0.1) is 27.2 Å². The maximum Gasteiger partial charge on any atom is 0.407 e. The molecule has 0 heterocycles. The first-order valence-corrected chi connectivity index (χ1v) is 5.72. The number of nitrogens with one attached hydrogen (secondary N) is 4. The Hall–Kier alpha value is -1.38. The Kier molecular flexibility index (Phi) is 11.2. The zero-order valence-corrected chi connectivity index (χ0v) is 10.9. The number of carbonyl (C=O) groups is 2. The second kappa shape index (κ2) is 12.1. The van der Waals surface area contributed by atoms with E-state index >= 15 is 0 Å². The molecule has 2 amide bonds. The van der Waals surface area contributed by atoms with Gasteiger partial charge in [0.25, 0.3) is 0 Å². The molecule has 0 aliphatic rings. The van der Waals surface area contributed by atoms with Gasteiger partial charge in [0, 0.05) is 13.0 Å². The Morgan fingerprint density at radius 1 is 1.17 bits per heavy atom. The molecule has 0 aromatic carbocycles. The molecule has 0 bridgehead atoms. The van der Waals surface area contributed by atoms with Gasteiger partial charge in [-0.2, -0.15) is 0 Å². The molecule has 0 atom stereocenters. The quantitative estimate of drug-likeness (QED) is 0.296. The molecule has 4 N–H and O–H groups in total. The van der Waals surface area contributed by atoms with Crippen molar-refractivity contribution in [2.45, 2.75) is 12.8 Å². The third-order valence-electron chi connectivity index (χ3n) is 1.90. The molecule has 18 heavy (non-hydrogen) atoms. The van der Waals surface area contributed by atoms with Crippen molar-refractivity contribution < 1.29 is 19.1 Å². The van der Waals surface area contributed by atoms with Crippen molar-refractivity contribution in [3.63, 3.8) is 0 Å². The maximum atomic E-state index is 11.2. The number of hydrogen-bond acceptors (Lipinski definition) is 6. The second-order valence-corrected chi connectivity index (χ2v) is 3.38. The average molecular weight is 262 g/mol. The van der Waals surface area contributed by atoms with Gasteiger partial charge < -0.3 is 25.4 Å². The predicted octanol–water partition coefficient (Wildman–Crippen LogP) is -1.06. The van der Waals surface area contributed by atoms with Crippen LogP contribution in [0.15, 0.2) is 0 Å². The first-order valence-electron chi connectivity index (χ1n) is 5.72. The molecule has 0 aliphatic heterocycles. The van der Waals surface area contributed by atoms with Gasteiger partial charge in [0.15, 0.2) is 0 Å². The molecule has 8 heteroatoms. The first-order chi connectivity index (χ1) is 8.70. The van der Waals surface area contributed by atoms with Gasteiger partial charge in [-0.3, -0.25) is 10.1 Å². The van der Waals surface area contributed by atoms with Crippen molar-refractivity contribution in [2.75, 3.05) is 40.8 Å². The fraction of sp³-hybridized carbons (Fsp3) is 0.800. The van der Waals surface area contributed by atoms with Crippen LogP contribution in [0.1, 0.15) is 12.8 Å². The van der Waals surface area contributed by atoms with E-state index in [-0.39, 0.29) is 12.6 Å². The van der Waals surface area contributed by atoms with E-state index in [9.17, 15) is 9.59 Å². The summed E-state index contributed by atoms with van der Waals surface area (Å²) < 4.78 is 9.58. The Bertz CT molecular complexity index is 238. The molecule has 0 saturated heterocycles. The Morgan fingerprint density at radius 3 is 2.61 bits per heavy atom. The summed E-state index contributed by atoms with van der Waals surface area (Å²) in [6.45, 7) is 1.54. The van der Waals surface area contributed by atoms with Gasteiger partial charge in [-0.25, -0.2) is 4.79 Å². The molecule has 0 fully saturated rings. The van der Waals surface area contributed by atoms with E-state index in [1.54, 1.807) is 7.05 Å². The number of hydrogen-bond donors (Lipinski definition) is 4. The van der Waals surface area contributed by atoms with E-state index in [0.29, 0.717) is 32.8 Å². The molecule has 0 aromatic rings. The van der Waals surface area contributed by atoms with Crippen LogP contribution in [0.3, 0.4) is 0 Å². The van der Waals surface area contributed by atoms with Crippen LogP contribution in [0.5, 0.6) is 0 Å². The zero-order chi connectivity index (χ0) is 13.6. The van der Waals surface area contributed by atoms with E-state index in [1.165, 1.54) is 7.11 Å². The number of methoxy groups -OCH3 is 1. The molecule has 8 nitrogen and oxygen atoms in total. The number of ether oxygens (including phenoxy) is 2. The summed E-state index contributed by atoms with van der Waals surface area (Å²) in [7, 11) is 3.06. The maximum absolute atomic E-state index is 11.2.